The Morgan fingerprint density at radius 3 is 2.45 bits per heavy atom. The highest BCUT2D eigenvalue weighted by atomic mass is 16.5. The van der Waals surface area contributed by atoms with Crippen molar-refractivity contribution in [2.24, 2.45) is 17.3 Å². The summed E-state index contributed by atoms with van der Waals surface area (Å²) in [6, 6.07) is 0. The molecule has 1 unspecified atom stereocenters. The second-order valence-electron chi connectivity index (χ2n) is 8.22. The Bertz CT molecular complexity index is 288. The number of hydrogen-bond donors (Lipinski definition) is 0. The van der Waals surface area contributed by atoms with Crippen molar-refractivity contribution in [1.82, 2.24) is 4.90 Å². The fourth-order valence-electron chi connectivity index (χ4n) is 4.73. The van der Waals surface area contributed by atoms with Crippen LogP contribution in [0.15, 0.2) is 0 Å². The predicted octanol–water partition coefficient (Wildman–Crippen LogP) is 5.12. The van der Waals surface area contributed by atoms with Crippen molar-refractivity contribution < 1.29 is 4.74 Å². The molecule has 22 heavy (non-hydrogen) atoms. The molecule has 2 heteroatoms. The summed E-state index contributed by atoms with van der Waals surface area (Å²) >= 11 is 0. The average Bonchev–Trinajstić information content (AvgIpc) is 2.47. The summed E-state index contributed by atoms with van der Waals surface area (Å²) in [7, 11) is 0. The molecule has 0 aromatic rings. The van der Waals surface area contributed by atoms with Gasteiger partial charge in [0.1, 0.15) is 0 Å². The summed E-state index contributed by atoms with van der Waals surface area (Å²) in [6.07, 6.45) is 12.5. The third-order valence-electron chi connectivity index (χ3n) is 5.96. The Morgan fingerprint density at radius 2 is 1.82 bits per heavy atom. The van der Waals surface area contributed by atoms with Gasteiger partial charge in [-0.3, -0.25) is 0 Å². The molecular weight excluding hydrogens is 270 g/mol. The summed E-state index contributed by atoms with van der Waals surface area (Å²) < 4.78 is 5.60. The van der Waals surface area contributed by atoms with E-state index >= 15 is 0 Å². The number of nitrogens with zero attached hydrogens (tertiary/aromatic N) is 1. The molecule has 1 aliphatic heterocycles. The molecule has 1 atom stereocenters. The number of rotatable bonds is 10. The smallest absolute Gasteiger partial charge is 0.0466 e. The van der Waals surface area contributed by atoms with Crippen LogP contribution in [0.2, 0.25) is 0 Å². The van der Waals surface area contributed by atoms with E-state index in [4.69, 9.17) is 4.74 Å². The van der Waals surface area contributed by atoms with Gasteiger partial charge in [-0.25, -0.2) is 0 Å². The molecule has 2 rings (SSSR count). The second kappa shape index (κ2) is 9.27. The molecule has 2 nitrogen and oxygen atoms in total. The van der Waals surface area contributed by atoms with Gasteiger partial charge in [0.25, 0.3) is 0 Å². The van der Waals surface area contributed by atoms with Crippen LogP contribution in [0.25, 0.3) is 0 Å². The van der Waals surface area contributed by atoms with Gasteiger partial charge >= 0.3 is 0 Å². The van der Waals surface area contributed by atoms with Gasteiger partial charge in [0.2, 0.25) is 0 Å². The van der Waals surface area contributed by atoms with Gasteiger partial charge in [-0.15, -0.1) is 0 Å². The first-order valence-electron chi connectivity index (χ1n) is 9.97. The molecule has 0 bridgehead atoms. The van der Waals surface area contributed by atoms with E-state index in [0.717, 1.165) is 36.9 Å². The van der Waals surface area contributed by atoms with E-state index in [9.17, 15) is 0 Å². The highest BCUT2D eigenvalue weighted by Gasteiger charge is 2.45. The van der Waals surface area contributed by atoms with Crippen molar-refractivity contribution >= 4 is 0 Å². The van der Waals surface area contributed by atoms with Crippen LogP contribution in [-0.4, -0.2) is 37.7 Å². The fourth-order valence-corrected chi connectivity index (χ4v) is 4.73. The van der Waals surface area contributed by atoms with Crippen LogP contribution in [0, 0.1) is 17.3 Å². The Balaban J connectivity index is 1.54. The van der Waals surface area contributed by atoms with Gasteiger partial charge in [0.05, 0.1) is 0 Å². The Morgan fingerprint density at radius 1 is 1.09 bits per heavy atom. The van der Waals surface area contributed by atoms with E-state index < -0.39 is 0 Å². The minimum absolute atomic E-state index is 0.749. The monoisotopic (exact) mass is 309 g/mol. The van der Waals surface area contributed by atoms with E-state index in [1.807, 2.05) is 0 Å². The standard InChI is InChI=1S/C20H39NO/c1-4-7-18(3)17-21-11-9-20(10-12-21)15-19(16-20)8-6-14-22-13-5-2/h18-19H,4-17H2,1-3H3. The summed E-state index contributed by atoms with van der Waals surface area (Å²) in [5.74, 6) is 1.90. The maximum atomic E-state index is 5.60. The number of piperidine rings is 1. The molecule has 1 spiro atoms. The normalized spacial score (nSPS) is 23.6. The Kier molecular flexibility index (Phi) is 7.70. The molecule has 1 heterocycles. The lowest BCUT2D eigenvalue weighted by Crippen LogP contribution is -2.47. The molecule has 2 aliphatic rings. The molecule has 0 aromatic carbocycles. The molecule has 130 valence electrons. The van der Waals surface area contributed by atoms with E-state index in [-0.39, 0.29) is 0 Å². The van der Waals surface area contributed by atoms with Crippen LogP contribution in [0.4, 0.5) is 0 Å². The molecule has 0 radical (unpaired) electrons. The van der Waals surface area contributed by atoms with Crippen LogP contribution < -0.4 is 0 Å². The van der Waals surface area contributed by atoms with E-state index in [2.05, 4.69) is 25.7 Å². The average molecular weight is 310 g/mol. The Labute approximate surface area is 139 Å². The lowest BCUT2D eigenvalue weighted by Gasteiger charge is -2.53. The van der Waals surface area contributed by atoms with Gasteiger partial charge in [-0.2, -0.15) is 0 Å². The van der Waals surface area contributed by atoms with Crippen LogP contribution in [0.3, 0.4) is 0 Å². The maximum Gasteiger partial charge on any atom is 0.0466 e. The van der Waals surface area contributed by atoms with Crippen molar-refractivity contribution in [3.8, 4) is 0 Å². The third-order valence-corrected chi connectivity index (χ3v) is 5.96. The van der Waals surface area contributed by atoms with Gasteiger partial charge in [0, 0.05) is 19.8 Å². The number of ether oxygens (including phenoxy) is 1. The molecular formula is C20H39NO. The van der Waals surface area contributed by atoms with E-state index in [1.165, 1.54) is 71.0 Å². The Hall–Kier alpha value is -0.0800. The minimum Gasteiger partial charge on any atom is -0.381 e. The fraction of sp³-hybridized carbons (Fsp3) is 1.00. The van der Waals surface area contributed by atoms with E-state index in [1.54, 1.807) is 0 Å². The predicted molar refractivity (Wildman–Crippen MR) is 95.2 cm³/mol. The van der Waals surface area contributed by atoms with Gasteiger partial charge in [-0.1, -0.05) is 27.2 Å². The number of hydrogen-bond acceptors (Lipinski definition) is 2. The van der Waals surface area contributed by atoms with Gasteiger partial charge < -0.3 is 9.64 Å². The highest BCUT2D eigenvalue weighted by Crippen LogP contribution is 2.53. The third kappa shape index (κ3) is 5.53. The first-order valence-corrected chi connectivity index (χ1v) is 9.97. The zero-order valence-electron chi connectivity index (χ0n) is 15.4. The topological polar surface area (TPSA) is 12.5 Å². The largest absolute Gasteiger partial charge is 0.381 e. The van der Waals surface area contributed by atoms with Gasteiger partial charge in [0.15, 0.2) is 0 Å². The second-order valence-corrected chi connectivity index (χ2v) is 8.22. The highest BCUT2D eigenvalue weighted by molar-refractivity contribution is 4.96. The zero-order valence-corrected chi connectivity index (χ0v) is 15.4. The summed E-state index contributed by atoms with van der Waals surface area (Å²) in [5, 5.41) is 0. The summed E-state index contributed by atoms with van der Waals surface area (Å²) in [5.41, 5.74) is 0.749. The maximum absolute atomic E-state index is 5.60. The van der Waals surface area contributed by atoms with Crippen molar-refractivity contribution in [2.75, 3.05) is 32.8 Å². The molecule has 1 saturated carbocycles. The summed E-state index contributed by atoms with van der Waals surface area (Å²) in [6.45, 7) is 12.9. The molecule has 1 aliphatic carbocycles. The molecule has 2 fully saturated rings. The first-order chi connectivity index (χ1) is 10.7. The lowest BCUT2D eigenvalue weighted by atomic mass is 9.56. The van der Waals surface area contributed by atoms with Crippen LogP contribution in [0.1, 0.15) is 78.6 Å². The zero-order chi connectivity index (χ0) is 15.8. The number of likely N-dealkylation sites (tertiary alicyclic amines) is 1. The van der Waals surface area contributed by atoms with Crippen molar-refractivity contribution in [3.05, 3.63) is 0 Å². The van der Waals surface area contributed by atoms with Crippen LogP contribution >= 0.6 is 0 Å². The SMILES string of the molecule is CCCOCCCC1CC2(CCN(CC(C)CCC)CC2)C1. The van der Waals surface area contributed by atoms with Crippen molar-refractivity contribution in [3.63, 3.8) is 0 Å². The molecule has 1 saturated heterocycles. The van der Waals surface area contributed by atoms with Gasteiger partial charge in [-0.05, 0) is 81.7 Å². The quantitative estimate of drug-likeness (QED) is 0.519. The van der Waals surface area contributed by atoms with Crippen molar-refractivity contribution in [2.45, 2.75) is 78.6 Å². The van der Waals surface area contributed by atoms with E-state index in [0.29, 0.717) is 0 Å². The molecule has 0 N–H and O–H groups in total. The summed E-state index contributed by atoms with van der Waals surface area (Å²) in [4.78, 5) is 2.73. The van der Waals surface area contributed by atoms with Crippen molar-refractivity contribution in [1.29, 1.82) is 0 Å². The lowest BCUT2D eigenvalue weighted by molar-refractivity contribution is -0.0221. The molecule has 0 amide bonds. The minimum atomic E-state index is 0.749. The van der Waals surface area contributed by atoms with Crippen LogP contribution in [-0.2, 0) is 4.74 Å². The van der Waals surface area contributed by atoms with Crippen LogP contribution in [0.5, 0.6) is 0 Å². The molecule has 0 aromatic heterocycles. The first kappa shape index (κ1) is 18.3.